The van der Waals surface area contributed by atoms with Crippen LogP contribution in [0.2, 0.25) is 0 Å². The first-order chi connectivity index (χ1) is 6.27. The summed E-state index contributed by atoms with van der Waals surface area (Å²) in [6, 6.07) is 0. The van der Waals surface area contributed by atoms with Gasteiger partial charge in [0.15, 0.2) is 0 Å². The van der Waals surface area contributed by atoms with E-state index in [1.165, 1.54) is 0 Å². The summed E-state index contributed by atoms with van der Waals surface area (Å²) in [7, 11) is 2.08. The van der Waals surface area contributed by atoms with Gasteiger partial charge in [-0.25, -0.2) is 0 Å². The van der Waals surface area contributed by atoms with Crippen molar-refractivity contribution in [2.24, 2.45) is 0 Å². The van der Waals surface area contributed by atoms with Crippen molar-refractivity contribution in [2.45, 2.75) is 12.0 Å². The quantitative estimate of drug-likeness (QED) is 0.517. The fourth-order valence-electron chi connectivity index (χ4n) is 2.16. The van der Waals surface area contributed by atoms with E-state index in [1.54, 1.807) is 0 Å². The summed E-state index contributed by atoms with van der Waals surface area (Å²) in [6.07, 6.45) is 2.03. The number of hydrogen-bond donors (Lipinski definition) is 0. The lowest BCUT2D eigenvalue weighted by Gasteiger charge is -2.51. The third-order valence-corrected chi connectivity index (χ3v) is 3.11. The molecule has 1 amide bonds. The van der Waals surface area contributed by atoms with Crippen LogP contribution in [0.4, 0.5) is 0 Å². The van der Waals surface area contributed by atoms with Crippen LogP contribution in [-0.4, -0.2) is 61.6 Å². The van der Waals surface area contributed by atoms with Gasteiger partial charge in [-0.05, 0) is 13.5 Å². The van der Waals surface area contributed by atoms with E-state index in [4.69, 9.17) is 4.74 Å². The van der Waals surface area contributed by atoms with Crippen molar-refractivity contribution in [1.82, 2.24) is 9.80 Å². The van der Waals surface area contributed by atoms with Gasteiger partial charge in [-0.2, -0.15) is 0 Å². The van der Waals surface area contributed by atoms with Gasteiger partial charge >= 0.3 is 0 Å². The lowest BCUT2D eigenvalue weighted by molar-refractivity contribution is -0.138. The number of carbonyl (C=O) groups is 1. The highest BCUT2D eigenvalue weighted by molar-refractivity contribution is 5.51. The maximum atomic E-state index is 10.7. The molecule has 0 aromatic rings. The first-order valence-electron chi connectivity index (χ1n) is 4.75. The molecule has 2 rings (SSSR count). The Morgan fingerprint density at radius 3 is 2.92 bits per heavy atom. The molecule has 2 saturated heterocycles. The molecular weight excluding hydrogens is 168 g/mol. The Kier molecular flexibility index (Phi) is 2.26. The van der Waals surface area contributed by atoms with E-state index in [2.05, 4.69) is 11.9 Å². The van der Waals surface area contributed by atoms with Crippen LogP contribution in [0.5, 0.6) is 0 Å². The molecule has 13 heavy (non-hydrogen) atoms. The van der Waals surface area contributed by atoms with Crippen molar-refractivity contribution in [3.8, 4) is 0 Å². The van der Waals surface area contributed by atoms with Crippen molar-refractivity contribution in [1.29, 1.82) is 0 Å². The second-order valence-electron chi connectivity index (χ2n) is 4.06. The van der Waals surface area contributed by atoms with E-state index >= 15 is 0 Å². The molecule has 2 fully saturated rings. The molecule has 0 aromatic carbocycles. The van der Waals surface area contributed by atoms with E-state index in [-0.39, 0.29) is 5.54 Å². The van der Waals surface area contributed by atoms with Crippen LogP contribution < -0.4 is 0 Å². The predicted molar refractivity (Wildman–Crippen MR) is 48.4 cm³/mol. The normalized spacial score (nSPS) is 35.6. The van der Waals surface area contributed by atoms with Gasteiger partial charge in [0.25, 0.3) is 0 Å². The molecule has 1 spiro atoms. The number of nitrogens with zero attached hydrogens (tertiary/aromatic N) is 2. The third-order valence-electron chi connectivity index (χ3n) is 3.11. The lowest BCUT2D eigenvalue weighted by atomic mass is 9.85. The molecule has 0 aliphatic carbocycles. The summed E-state index contributed by atoms with van der Waals surface area (Å²) in [5, 5.41) is 0. The molecule has 4 nitrogen and oxygen atoms in total. The highest BCUT2D eigenvalue weighted by Crippen LogP contribution is 2.31. The van der Waals surface area contributed by atoms with Gasteiger partial charge in [0.1, 0.15) is 0 Å². The van der Waals surface area contributed by atoms with Crippen LogP contribution in [0.15, 0.2) is 0 Å². The van der Waals surface area contributed by atoms with Gasteiger partial charge in [0, 0.05) is 19.6 Å². The van der Waals surface area contributed by atoms with E-state index in [0.29, 0.717) is 6.61 Å². The fourth-order valence-corrected chi connectivity index (χ4v) is 2.16. The lowest BCUT2D eigenvalue weighted by Crippen LogP contribution is -2.65. The van der Waals surface area contributed by atoms with E-state index in [9.17, 15) is 4.79 Å². The van der Waals surface area contributed by atoms with Crippen molar-refractivity contribution in [3.05, 3.63) is 0 Å². The summed E-state index contributed by atoms with van der Waals surface area (Å²) >= 11 is 0. The number of hydrogen-bond acceptors (Lipinski definition) is 3. The minimum Gasteiger partial charge on any atom is -0.378 e. The zero-order chi connectivity index (χ0) is 9.31. The minimum absolute atomic E-state index is 0.00694. The molecule has 2 aliphatic rings. The van der Waals surface area contributed by atoms with Gasteiger partial charge < -0.3 is 14.5 Å². The van der Waals surface area contributed by atoms with Crippen LogP contribution in [0.3, 0.4) is 0 Å². The van der Waals surface area contributed by atoms with Crippen molar-refractivity contribution in [2.75, 3.05) is 39.9 Å². The molecule has 1 unspecified atom stereocenters. The number of likely N-dealkylation sites (N-methyl/N-ethyl adjacent to an activating group) is 1. The fraction of sp³-hybridized carbons (Fsp3) is 0.889. The van der Waals surface area contributed by atoms with E-state index in [1.807, 2.05) is 4.90 Å². The summed E-state index contributed by atoms with van der Waals surface area (Å²) < 4.78 is 5.51. The number of ether oxygens (including phenoxy) is 1. The molecule has 4 heteroatoms. The molecule has 2 heterocycles. The largest absolute Gasteiger partial charge is 0.378 e. The smallest absolute Gasteiger partial charge is 0.210 e. The first-order valence-corrected chi connectivity index (χ1v) is 4.75. The standard InChI is InChI=1S/C9H16N2O2/c1-10-4-5-13-7-9(6-10)2-3-11(9)8-12/h8H,2-7H2,1H3. The minimum atomic E-state index is -0.00694. The number of likely N-dealkylation sites (tertiary alicyclic amines) is 1. The Bertz CT molecular complexity index is 210. The molecule has 1 atom stereocenters. The van der Waals surface area contributed by atoms with Gasteiger partial charge in [-0.1, -0.05) is 0 Å². The number of carbonyl (C=O) groups excluding carboxylic acids is 1. The maximum absolute atomic E-state index is 10.7. The van der Waals surface area contributed by atoms with Crippen molar-refractivity contribution >= 4 is 6.41 Å². The molecule has 74 valence electrons. The Morgan fingerprint density at radius 2 is 2.31 bits per heavy atom. The van der Waals surface area contributed by atoms with Crippen LogP contribution in [0, 0.1) is 0 Å². The SMILES string of the molecule is CN1CCOCC2(CCN2C=O)C1. The monoisotopic (exact) mass is 184 g/mol. The van der Waals surface area contributed by atoms with Crippen LogP contribution in [0.25, 0.3) is 0 Å². The zero-order valence-electron chi connectivity index (χ0n) is 8.03. The predicted octanol–water partition coefficient (Wildman–Crippen LogP) is -0.451. The van der Waals surface area contributed by atoms with E-state index < -0.39 is 0 Å². The highest BCUT2D eigenvalue weighted by atomic mass is 16.5. The maximum Gasteiger partial charge on any atom is 0.210 e. The topological polar surface area (TPSA) is 32.8 Å². The van der Waals surface area contributed by atoms with E-state index in [0.717, 1.165) is 39.1 Å². The molecular formula is C9H16N2O2. The Morgan fingerprint density at radius 1 is 1.46 bits per heavy atom. The Balaban J connectivity index is 2.06. The molecule has 0 radical (unpaired) electrons. The number of rotatable bonds is 1. The summed E-state index contributed by atoms with van der Waals surface area (Å²) in [5.74, 6) is 0. The molecule has 0 N–H and O–H groups in total. The summed E-state index contributed by atoms with van der Waals surface area (Å²) in [6.45, 7) is 4.29. The van der Waals surface area contributed by atoms with Crippen LogP contribution >= 0.6 is 0 Å². The third kappa shape index (κ3) is 1.44. The molecule has 0 bridgehead atoms. The summed E-state index contributed by atoms with van der Waals surface area (Å²) in [4.78, 5) is 14.8. The van der Waals surface area contributed by atoms with Gasteiger partial charge in [-0.15, -0.1) is 0 Å². The molecule has 0 saturated carbocycles. The van der Waals surface area contributed by atoms with Crippen molar-refractivity contribution < 1.29 is 9.53 Å². The molecule has 0 aromatic heterocycles. The second-order valence-corrected chi connectivity index (χ2v) is 4.06. The Labute approximate surface area is 78.4 Å². The highest BCUT2D eigenvalue weighted by Gasteiger charge is 2.45. The first kappa shape index (κ1) is 8.97. The average molecular weight is 184 g/mol. The van der Waals surface area contributed by atoms with Gasteiger partial charge in [-0.3, -0.25) is 4.79 Å². The zero-order valence-corrected chi connectivity index (χ0v) is 8.03. The number of amides is 1. The Hall–Kier alpha value is -0.610. The van der Waals surface area contributed by atoms with Crippen LogP contribution in [0.1, 0.15) is 6.42 Å². The van der Waals surface area contributed by atoms with Gasteiger partial charge in [0.2, 0.25) is 6.41 Å². The summed E-state index contributed by atoms with van der Waals surface area (Å²) in [5.41, 5.74) is -0.00694. The average Bonchev–Trinajstić information content (AvgIpc) is 2.28. The molecule has 2 aliphatic heterocycles. The van der Waals surface area contributed by atoms with Crippen molar-refractivity contribution in [3.63, 3.8) is 0 Å². The second kappa shape index (κ2) is 3.27. The van der Waals surface area contributed by atoms with Crippen LogP contribution in [-0.2, 0) is 9.53 Å². The van der Waals surface area contributed by atoms with Gasteiger partial charge in [0.05, 0.1) is 18.8 Å².